The molecule has 0 bridgehead atoms. The van der Waals surface area contributed by atoms with Gasteiger partial charge in [-0.2, -0.15) is 0 Å². The molecule has 1 aliphatic rings. The van der Waals surface area contributed by atoms with Crippen molar-refractivity contribution in [2.75, 3.05) is 32.2 Å². The van der Waals surface area contributed by atoms with Crippen molar-refractivity contribution in [1.82, 2.24) is 9.88 Å². The van der Waals surface area contributed by atoms with Gasteiger partial charge in [0.2, 0.25) is 5.91 Å². The number of hydrogen-bond donors (Lipinski definition) is 1. The number of nitrogens with zero attached hydrogens (tertiary/aromatic N) is 2. The topological polar surface area (TPSA) is 80.8 Å². The molecule has 7 nitrogen and oxygen atoms in total. The first kappa shape index (κ1) is 17.9. The van der Waals surface area contributed by atoms with Crippen LogP contribution in [0, 0.1) is 0 Å². The number of aromatic nitrogens is 1. The molecule has 0 saturated carbocycles. The summed E-state index contributed by atoms with van der Waals surface area (Å²) < 4.78 is 10.7. The minimum atomic E-state index is -0.127. The zero-order valence-electron chi connectivity index (χ0n) is 14.8. The number of ether oxygens (including phenoxy) is 2. The van der Waals surface area contributed by atoms with Crippen molar-refractivity contribution in [3.8, 4) is 17.0 Å². The van der Waals surface area contributed by atoms with Crippen LogP contribution >= 0.6 is 0 Å². The molecule has 0 aliphatic carbocycles. The average molecular weight is 355 g/mol. The Hall–Kier alpha value is -2.93. The molecule has 1 aromatic carbocycles. The van der Waals surface area contributed by atoms with Gasteiger partial charge in [0, 0.05) is 31.8 Å². The Morgan fingerprint density at radius 3 is 2.96 bits per heavy atom. The summed E-state index contributed by atoms with van der Waals surface area (Å²) in [4.78, 5) is 29.8. The molecule has 2 aromatic rings. The van der Waals surface area contributed by atoms with Crippen LogP contribution in [-0.2, 0) is 20.9 Å². The third kappa shape index (κ3) is 4.18. The van der Waals surface area contributed by atoms with Gasteiger partial charge in [0.25, 0.3) is 5.91 Å². The first-order chi connectivity index (χ1) is 12.6. The lowest BCUT2D eigenvalue weighted by Gasteiger charge is -2.19. The Labute approximate surface area is 151 Å². The molecule has 1 aromatic heterocycles. The number of hydrogen-bond acceptors (Lipinski definition) is 5. The molecule has 1 aliphatic heterocycles. The number of methoxy groups -OCH3 is 1. The quantitative estimate of drug-likeness (QED) is 0.888. The number of fused-ring (bicyclic) bond motifs is 1. The molecular weight excluding hydrogens is 334 g/mol. The molecule has 0 saturated heterocycles. The van der Waals surface area contributed by atoms with Gasteiger partial charge < -0.3 is 19.7 Å². The summed E-state index contributed by atoms with van der Waals surface area (Å²) in [6, 6.07) is 11.1. The third-order valence-electron chi connectivity index (χ3n) is 4.02. The normalized spacial score (nSPS) is 13.6. The zero-order valence-corrected chi connectivity index (χ0v) is 14.8. The van der Waals surface area contributed by atoms with Crippen LogP contribution in [0.3, 0.4) is 0 Å². The molecule has 136 valence electrons. The molecule has 0 fully saturated rings. The fraction of sp³-hybridized carbons (Fsp3) is 0.316. The molecule has 2 amide bonds. The smallest absolute Gasteiger partial charge is 0.260 e. The van der Waals surface area contributed by atoms with Crippen LogP contribution in [0.4, 0.5) is 5.69 Å². The summed E-state index contributed by atoms with van der Waals surface area (Å²) in [6.07, 6.45) is 0. The van der Waals surface area contributed by atoms with Gasteiger partial charge in [0.15, 0.2) is 6.61 Å². The number of anilines is 1. The number of amides is 2. The van der Waals surface area contributed by atoms with Gasteiger partial charge in [-0.05, 0) is 24.3 Å². The molecule has 0 radical (unpaired) electrons. The Morgan fingerprint density at radius 2 is 2.19 bits per heavy atom. The van der Waals surface area contributed by atoms with Crippen LogP contribution in [0.25, 0.3) is 11.3 Å². The molecule has 3 rings (SSSR count). The van der Waals surface area contributed by atoms with Gasteiger partial charge in [0.05, 0.1) is 18.8 Å². The largest absolute Gasteiger partial charge is 0.482 e. The van der Waals surface area contributed by atoms with E-state index in [4.69, 9.17) is 9.47 Å². The van der Waals surface area contributed by atoms with E-state index >= 15 is 0 Å². The fourth-order valence-electron chi connectivity index (χ4n) is 2.76. The van der Waals surface area contributed by atoms with E-state index in [1.54, 1.807) is 12.0 Å². The van der Waals surface area contributed by atoms with E-state index in [2.05, 4.69) is 10.3 Å². The number of nitrogens with one attached hydrogen (secondary N) is 1. The molecule has 0 spiro atoms. The molecule has 0 unspecified atom stereocenters. The van der Waals surface area contributed by atoms with Crippen molar-refractivity contribution >= 4 is 17.5 Å². The summed E-state index contributed by atoms with van der Waals surface area (Å²) in [5, 5.41) is 2.77. The van der Waals surface area contributed by atoms with E-state index in [1.807, 2.05) is 36.4 Å². The number of pyridine rings is 1. The van der Waals surface area contributed by atoms with Crippen LogP contribution < -0.4 is 10.1 Å². The Balaban J connectivity index is 1.88. The van der Waals surface area contributed by atoms with Gasteiger partial charge >= 0.3 is 0 Å². The van der Waals surface area contributed by atoms with E-state index in [9.17, 15) is 9.59 Å². The van der Waals surface area contributed by atoms with Gasteiger partial charge in [-0.3, -0.25) is 9.59 Å². The van der Waals surface area contributed by atoms with Crippen LogP contribution in [0.5, 0.6) is 5.75 Å². The first-order valence-electron chi connectivity index (χ1n) is 8.34. The molecule has 2 heterocycles. The lowest BCUT2D eigenvalue weighted by atomic mass is 10.1. The maximum atomic E-state index is 12.2. The number of rotatable bonds is 5. The van der Waals surface area contributed by atoms with E-state index in [-0.39, 0.29) is 18.4 Å². The van der Waals surface area contributed by atoms with Crippen LogP contribution in [0.2, 0.25) is 0 Å². The van der Waals surface area contributed by atoms with Gasteiger partial charge in [-0.1, -0.05) is 12.1 Å². The van der Waals surface area contributed by atoms with Gasteiger partial charge in [-0.15, -0.1) is 0 Å². The Kier molecular flexibility index (Phi) is 5.48. The highest BCUT2D eigenvalue weighted by Gasteiger charge is 2.22. The number of benzene rings is 1. The van der Waals surface area contributed by atoms with Crippen molar-refractivity contribution in [2.45, 2.75) is 13.5 Å². The molecule has 0 atom stereocenters. The summed E-state index contributed by atoms with van der Waals surface area (Å²) in [7, 11) is 1.60. The summed E-state index contributed by atoms with van der Waals surface area (Å²) >= 11 is 0. The second-order valence-electron chi connectivity index (χ2n) is 6.00. The highest BCUT2D eigenvalue weighted by Crippen LogP contribution is 2.27. The maximum Gasteiger partial charge on any atom is 0.260 e. The summed E-state index contributed by atoms with van der Waals surface area (Å²) in [5.74, 6) is 0.395. The van der Waals surface area contributed by atoms with Crippen LogP contribution in [-0.4, -0.2) is 48.6 Å². The fourth-order valence-corrected chi connectivity index (χ4v) is 2.76. The van der Waals surface area contributed by atoms with Crippen LogP contribution in [0.1, 0.15) is 12.6 Å². The third-order valence-corrected chi connectivity index (χ3v) is 4.02. The van der Waals surface area contributed by atoms with Crippen molar-refractivity contribution in [2.24, 2.45) is 0 Å². The molecule has 1 N–H and O–H groups in total. The average Bonchev–Trinajstić information content (AvgIpc) is 2.78. The maximum absolute atomic E-state index is 12.2. The van der Waals surface area contributed by atoms with Crippen molar-refractivity contribution < 1.29 is 19.1 Å². The lowest BCUT2D eigenvalue weighted by Crippen LogP contribution is -2.35. The van der Waals surface area contributed by atoms with Crippen LogP contribution in [0.15, 0.2) is 36.4 Å². The molecular formula is C19H21N3O4. The minimum absolute atomic E-state index is 0.00421. The monoisotopic (exact) mass is 355 g/mol. The SMILES string of the molecule is COCCN1Cc2nc(-c3cccc(NC(C)=O)c3)ccc2OCC1=O. The van der Waals surface area contributed by atoms with Crippen molar-refractivity contribution in [3.05, 3.63) is 42.1 Å². The second kappa shape index (κ2) is 7.97. The standard InChI is InChI=1S/C19H21N3O4/c1-13(23)20-15-5-3-4-14(10-15)16-6-7-18-17(21-16)11-22(8-9-25-2)19(24)12-26-18/h3-7,10H,8-9,11-12H2,1-2H3,(H,20,23). The van der Waals surface area contributed by atoms with E-state index < -0.39 is 0 Å². The highest BCUT2D eigenvalue weighted by atomic mass is 16.5. The predicted octanol–water partition coefficient (Wildman–Crippen LogP) is 2.07. The predicted molar refractivity (Wildman–Crippen MR) is 96.8 cm³/mol. The lowest BCUT2D eigenvalue weighted by molar-refractivity contribution is -0.133. The van der Waals surface area contributed by atoms with Gasteiger partial charge in [-0.25, -0.2) is 4.98 Å². The zero-order chi connectivity index (χ0) is 18.5. The summed E-state index contributed by atoms with van der Waals surface area (Å²) in [5.41, 5.74) is 3.04. The Morgan fingerprint density at radius 1 is 1.35 bits per heavy atom. The molecule has 7 heteroatoms. The van der Waals surface area contributed by atoms with Crippen molar-refractivity contribution in [3.63, 3.8) is 0 Å². The number of carbonyl (C=O) groups is 2. The minimum Gasteiger partial charge on any atom is -0.482 e. The van der Waals surface area contributed by atoms with Crippen molar-refractivity contribution in [1.29, 1.82) is 0 Å². The summed E-state index contributed by atoms with van der Waals surface area (Å²) in [6.45, 7) is 2.78. The molecule has 26 heavy (non-hydrogen) atoms. The van der Waals surface area contributed by atoms with Gasteiger partial charge in [0.1, 0.15) is 11.4 Å². The highest BCUT2D eigenvalue weighted by molar-refractivity contribution is 5.89. The van der Waals surface area contributed by atoms with E-state index in [0.29, 0.717) is 36.8 Å². The van der Waals surface area contributed by atoms with E-state index in [0.717, 1.165) is 11.3 Å². The Bertz CT molecular complexity index is 822. The number of carbonyl (C=O) groups excluding carboxylic acids is 2. The van der Waals surface area contributed by atoms with E-state index in [1.165, 1.54) is 6.92 Å². The first-order valence-corrected chi connectivity index (χ1v) is 8.34. The second-order valence-corrected chi connectivity index (χ2v) is 6.00.